The Morgan fingerprint density at radius 1 is 1.17 bits per heavy atom. The number of alkyl halides is 3. The normalized spacial score (nSPS) is 12.8. The predicted molar refractivity (Wildman–Crippen MR) is 93.9 cm³/mol. The van der Waals surface area contributed by atoms with E-state index >= 15 is 0 Å². The highest BCUT2D eigenvalue weighted by atomic mass is 19.4. The van der Waals surface area contributed by atoms with Crippen LogP contribution in [0, 0.1) is 0 Å². The third-order valence-electron chi connectivity index (χ3n) is 4.12. The highest BCUT2D eigenvalue weighted by Gasteiger charge is 2.31. The van der Waals surface area contributed by atoms with Crippen molar-refractivity contribution in [1.29, 1.82) is 0 Å². The molecule has 0 N–H and O–H groups in total. The number of rotatable bonds is 4. The summed E-state index contributed by atoms with van der Waals surface area (Å²) in [7, 11) is 0. The van der Waals surface area contributed by atoms with E-state index in [0.29, 0.717) is 17.1 Å². The van der Waals surface area contributed by atoms with E-state index in [4.69, 9.17) is 14.2 Å². The van der Waals surface area contributed by atoms with Crippen molar-refractivity contribution in [2.45, 2.75) is 13.1 Å². The van der Waals surface area contributed by atoms with Gasteiger partial charge in [-0.15, -0.1) is 5.10 Å². The van der Waals surface area contributed by atoms with Crippen molar-refractivity contribution in [3.8, 4) is 28.9 Å². The zero-order chi connectivity index (χ0) is 20.6. The maximum absolute atomic E-state index is 13.0. The van der Waals surface area contributed by atoms with Gasteiger partial charge in [0.1, 0.15) is 0 Å². The Bertz CT molecular complexity index is 1080. The second kappa shape index (κ2) is 7.12. The van der Waals surface area contributed by atoms with Gasteiger partial charge in [0.25, 0.3) is 5.91 Å². The Balaban J connectivity index is 1.78. The minimum atomic E-state index is -4.57. The van der Waals surface area contributed by atoms with Crippen LogP contribution in [0.25, 0.3) is 11.4 Å². The van der Waals surface area contributed by atoms with E-state index in [9.17, 15) is 18.0 Å². The zero-order valence-electron chi connectivity index (χ0n) is 15.1. The van der Waals surface area contributed by atoms with Gasteiger partial charge in [-0.05, 0) is 43.3 Å². The fourth-order valence-corrected chi connectivity index (χ4v) is 2.80. The number of hydrogen-bond donors (Lipinski definition) is 0. The summed E-state index contributed by atoms with van der Waals surface area (Å²) in [6.45, 7) is 2.04. The summed E-state index contributed by atoms with van der Waals surface area (Å²) in [5.74, 6) is 0.326. The van der Waals surface area contributed by atoms with Gasteiger partial charge in [-0.3, -0.25) is 4.79 Å². The molecule has 150 valence electrons. The molecule has 0 fully saturated rings. The lowest BCUT2D eigenvalue weighted by molar-refractivity contribution is -0.137. The Morgan fingerprint density at radius 3 is 2.72 bits per heavy atom. The average molecular weight is 405 g/mol. The van der Waals surface area contributed by atoms with Crippen molar-refractivity contribution in [3.05, 3.63) is 53.6 Å². The first-order chi connectivity index (χ1) is 13.9. The van der Waals surface area contributed by atoms with Crippen molar-refractivity contribution >= 4 is 5.91 Å². The monoisotopic (exact) mass is 405 g/mol. The Labute approximate surface area is 162 Å². The number of halogens is 3. The number of carbonyl (C=O) groups is 1. The van der Waals surface area contributed by atoms with Crippen LogP contribution in [0.3, 0.4) is 0 Å². The van der Waals surface area contributed by atoms with Crippen LogP contribution in [0.4, 0.5) is 13.2 Å². The van der Waals surface area contributed by atoms with Crippen LogP contribution in [-0.2, 0) is 6.18 Å². The van der Waals surface area contributed by atoms with Gasteiger partial charge in [-0.2, -0.15) is 22.8 Å². The number of nitrogens with zero attached hydrogens (tertiary/aromatic N) is 3. The molecule has 3 aromatic rings. The van der Waals surface area contributed by atoms with Crippen molar-refractivity contribution in [2.75, 3.05) is 13.4 Å². The maximum Gasteiger partial charge on any atom is 0.416 e. The molecule has 0 radical (unpaired) electrons. The van der Waals surface area contributed by atoms with Crippen molar-refractivity contribution in [3.63, 3.8) is 0 Å². The topological polar surface area (TPSA) is 75.5 Å². The number of aromatic nitrogens is 3. The maximum atomic E-state index is 13.0. The molecule has 0 unspecified atom stereocenters. The summed E-state index contributed by atoms with van der Waals surface area (Å²) in [4.78, 5) is 17.2. The fourth-order valence-electron chi connectivity index (χ4n) is 2.80. The average Bonchev–Trinajstić information content (AvgIpc) is 3.33. The van der Waals surface area contributed by atoms with Gasteiger partial charge in [0.15, 0.2) is 17.3 Å². The molecule has 0 spiro atoms. The van der Waals surface area contributed by atoms with Gasteiger partial charge in [-0.1, -0.05) is 6.07 Å². The standard InChI is InChI=1S/C19H14F3N3O4/c1-2-27-18-23-16(11-6-7-14-15(9-11)29-10-28-14)25(24-18)17(26)12-4-3-5-13(8-12)19(20,21)22/h3-9H,2,10H2,1H3. The Morgan fingerprint density at radius 2 is 1.97 bits per heavy atom. The summed E-state index contributed by atoms with van der Waals surface area (Å²) < 4.78 is 55.8. The quantitative estimate of drug-likeness (QED) is 0.658. The van der Waals surface area contributed by atoms with Crippen molar-refractivity contribution in [2.24, 2.45) is 0 Å². The largest absolute Gasteiger partial charge is 0.463 e. The lowest BCUT2D eigenvalue weighted by Gasteiger charge is -2.09. The molecular weight excluding hydrogens is 391 g/mol. The van der Waals surface area contributed by atoms with E-state index in [0.717, 1.165) is 22.9 Å². The molecule has 0 saturated heterocycles. The molecule has 1 aromatic heterocycles. The fraction of sp³-hybridized carbons (Fsp3) is 0.211. The molecule has 1 aliphatic heterocycles. The molecule has 0 atom stereocenters. The lowest BCUT2D eigenvalue weighted by Crippen LogP contribution is -2.16. The van der Waals surface area contributed by atoms with E-state index in [1.165, 1.54) is 6.07 Å². The molecule has 29 heavy (non-hydrogen) atoms. The lowest BCUT2D eigenvalue weighted by atomic mass is 10.1. The second-order valence-corrected chi connectivity index (χ2v) is 6.01. The van der Waals surface area contributed by atoms with Crippen molar-refractivity contribution in [1.82, 2.24) is 14.8 Å². The predicted octanol–water partition coefficient (Wildman–Crippen LogP) is 3.78. The third-order valence-corrected chi connectivity index (χ3v) is 4.12. The van der Waals surface area contributed by atoms with Crippen LogP contribution in [-0.4, -0.2) is 34.1 Å². The Kier molecular flexibility index (Phi) is 4.61. The number of carbonyl (C=O) groups excluding carboxylic acids is 1. The van der Waals surface area contributed by atoms with E-state index in [1.54, 1.807) is 25.1 Å². The van der Waals surface area contributed by atoms with Gasteiger partial charge in [0, 0.05) is 11.1 Å². The molecule has 0 amide bonds. The van der Waals surface area contributed by atoms with Crippen LogP contribution in [0.5, 0.6) is 17.5 Å². The molecule has 10 heteroatoms. The molecular formula is C19H14F3N3O4. The molecule has 1 aliphatic rings. The summed E-state index contributed by atoms with van der Waals surface area (Å²) in [6.07, 6.45) is -4.57. The van der Waals surface area contributed by atoms with E-state index in [-0.39, 0.29) is 30.8 Å². The molecule has 7 nitrogen and oxygen atoms in total. The van der Waals surface area contributed by atoms with Crippen LogP contribution < -0.4 is 14.2 Å². The zero-order valence-corrected chi connectivity index (χ0v) is 15.1. The second-order valence-electron chi connectivity index (χ2n) is 6.01. The van der Waals surface area contributed by atoms with Crippen LogP contribution >= 0.6 is 0 Å². The Hall–Kier alpha value is -3.56. The van der Waals surface area contributed by atoms with Gasteiger partial charge in [0.05, 0.1) is 12.2 Å². The molecule has 2 heterocycles. The number of hydrogen-bond acceptors (Lipinski definition) is 6. The SMILES string of the molecule is CCOc1nc(-c2ccc3c(c2)OCO3)n(C(=O)c2cccc(C(F)(F)F)c2)n1. The molecule has 2 aromatic carbocycles. The minimum absolute atomic E-state index is 0.0683. The highest BCUT2D eigenvalue weighted by molar-refractivity contribution is 5.97. The first kappa shape index (κ1) is 18.8. The smallest absolute Gasteiger partial charge is 0.416 e. The number of benzene rings is 2. The first-order valence-electron chi connectivity index (χ1n) is 8.58. The van der Waals surface area contributed by atoms with Gasteiger partial charge in [-0.25, -0.2) is 0 Å². The molecule has 0 saturated carbocycles. The summed E-state index contributed by atoms with van der Waals surface area (Å²) in [6, 6.07) is 8.93. The van der Waals surface area contributed by atoms with E-state index in [2.05, 4.69) is 10.1 Å². The van der Waals surface area contributed by atoms with Crippen molar-refractivity contribution < 1.29 is 32.2 Å². The minimum Gasteiger partial charge on any atom is -0.463 e. The van der Waals surface area contributed by atoms with Crippen LogP contribution in [0.1, 0.15) is 22.8 Å². The summed E-state index contributed by atoms with van der Waals surface area (Å²) in [5, 5.41) is 4.02. The van der Waals surface area contributed by atoms with Gasteiger partial charge in [0.2, 0.25) is 6.79 Å². The van der Waals surface area contributed by atoms with Gasteiger partial charge >= 0.3 is 12.2 Å². The van der Waals surface area contributed by atoms with E-state index in [1.807, 2.05) is 0 Å². The van der Waals surface area contributed by atoms with Crippen LogP contribution in [0.15, 0.2) is 42.5 Å². The molecule has 0 aliphatic carbocycles. The molecule has 0 bridgehead atoms. The number of fused-ring (bicyclic) bond motifs is 1. The van der Waals surface area contributed by atoms with E-state index < -0.39 is 17.6 Å². The molecule has 4 rings (SSSR count). The third kappa shape index (κ3) is 3.60. The summed E-state index contributed by atoms with van der Waals surface area (Å²) in [5.41, 5.74) is -0.652. The first-order valence-corrected chi connectivity index (χ1v) is 8.58. The summed E-state index contributed by atoms with van der Waals surface area (Å²) >= 11 is 0. The van der Waals surface area contributed by atoms with Gasteiger partial charge < -0.3 is 14.2 Å². The van der Waals surface area contributed by atoms with Crippen LogP contribution in [0.2, 0.25) is 0 Å². The number of ether oxygens (including phenoxy) is 3. The highest BCUT2D eigenvalue weighted by Crippen LogP contribution is 2.36.